The maximum Gasteiger partial charge on any atom is 0.250 e. The van der Waals surface area contributed by atoms with E-state index in [1.54, 1.807) is 36.4 Å². The van der Waals surface area contributed by atoms with Crippen molar-refractivity contribution in [1.82, 2.24) is 4.57 Å². The van der Waals surface area contributed by atoms with E-state index in [0.29, 0.717) is 36.1 Å². The molecule has 1 fully saturated rings. The molecular formula is C27H22FN3O3S. The van der Waals surface area contributed by atoms with Gasteiger partial charge in [0.25, 0.3) is 0 Å². The van der Waals surface area contributed by atoms with Crippen molar-refractivity contribution in [2.45, 2.75) is 23.8 Å². The average Bonchev–Trinajstić information content (AvgIpc) is 3.27. The van der Waals surface area contributed by atoms with Crippen molar-refractivity contribution in [2.24, 2.45) is 0 Å². The molecule has 0 aliphatic carbocycles. The zero-order valence-electron chi connectivity index (χ0n) is 19.0. The number of halogens is 1. The summed E-state index contributed by atoms with van der Waals surface area (Å²) in [5.41, 5.74) is 2.04. The molecule has 0 radical (unpaired) electrons. The van der Waals surface area contributed by atoms with Crippen molar-refractivity contribution in [3.8, 4) is 17.2 Å². The topological polar surface area (TPSA) is 83.2 Å². The predicted octanol–water partition coefficient (Wildman–Crippen LogP) is 5.09. The Hall–Kier alpha value is -3.96. The van der Waals surface area contributed by atoms with Gasteiger partial charge in [0.1, 0.15) is 11.9 Å². The highest BCUT2D eigenvalue weighted by Crippen LogP contribution is 2.40. The first-order valence-corrected chi connectivity index (χ1v) is 13.1. The zero-order valence-corrected chi connectivity index (χ0v) is 19.8. The minimum Gasteiger partial charge on any atom is -0.335 e. The molecule has 6 nitrogen and oxygen atoms in total. The second kappa shape index (κ2) is 8.67. The zero-order chi connectivity index (χ0) is 24.7. The smallest absolute Gasteiger partial charge is 0.250 e. The molecular weight excluding hydrogens is 465 g/mol. The van der Waals surface area contributed by atoms with E-state index in [0.717, 1.165) is 17.2 Å². The molecule has 1 saturated heterocycles. The SMILES string of the molecule is CS(=O)(=O)c1ccccc1-c1cccc(F)c1N1CCCC(n2ccc3ccc(C#N)cc32)C1=O. The Morgan fingerprint density at radius 3 is 2.57 bits per heavy atom. The monoisotopic (exact) mass is 487 g/mol. The normalized spacial score (nSPS) is 16.4. The number of piperidine rings is 1. The van der Waals surface area contributed by atoms with Gasteiger partial charge in [-0.25, -0.2) is 12.8 Å². The lowest BCUT2D eigenvalue weighted by atomic mass is 9.98. The number of benzene rings is 3. The molecule has 0 N–H and O–H groups in total. The number of fused-ring (bicyclic) bond motifs is 1. The molecule has 1 aliphatic rings. The van der Waals surface area contributed by atoms with Crippen molar-refractivity contribution in [2.75, 3.05) is 17.7 Å². The minimum atomic E-state index is -3.59. The summed E-state index contributed by atoms with van der Waals surface area (Å²) in [5, 5.41) is 10.2. The summed E-state index contributed by atoms with van der Waals surface area (Å²) in [6.45, 7) is 0.312. The van der Waals surface area contributed by atoms with Crippen molar-refractivity contribution >= 4 is 32.3 Å². The van der Waals surface area contributed by atoms with E-state index in [4.69, 9.17) is 0 Å². The quantitative estimate of drug-likeness (QED) is 0.401. The van der Waals surface area contributed by atoms with Crippen LogP contribution in [-0.2, 0) is 14.6 Å². The number of nitrogens with zero attached hydrogens (tertiary/aromatic N) is 3. The Morgan fingerprint density at radius 1 is 1.03 bits per heavy atom. The van der Waals surface area contributed by atoms with E-state index in [1.807, 2.05) is 22.9 Å². The van der Waals surface area contributed by atoms with Gasteiger partial charge in [-0.15, -0.1) is 0 Å². The second-order valence-electron chi connectivity index (χ2n) is 8.66. The van der Waals surface area contributed by atoms with Crippen LogP contribution in [0.4, 0.5) is 10.1 Å². The summed E-state index contributed by atoms with van der Waals surface area (Å²) < 4.78 is 42.1. The third-order valence-corrected chi connectivity index (χ3v) is 7.59. The van der Waals surface area contributed by atoms with E-state index < -0.39 is 21.7 Å². The fourth-order valence-electron chi connectivity index (χ4n) is 4.85. The molecule has 1 amide bonds. The van der Waals surface area contributed by atoms with Gasteiger partial charge in [0.15, 0.2) is 9.84 Å². The molecule has 1 atom stereocenters. The number of hydrogen-bond acceptors (Lipinski definition) is 4. The molecule has 1 aliphatic heterocycles. The van der Waals surface area contributed by atoms with Crippen LogP contribution in [-0.4, -0.2) is 31.7 Å². The van der Waals surface area contributed by atoms with Gasteiger partial charge in [-0.05, 0) is 48.6 Å². The molecule has 1 unspecified atom stereocenters. The second-order valence-corrected chi connectivity index (χ2v) is 10.6. The van der Waals surface area contributed by atoms with E-state index >= 15 is 4.39 Å². The van der Waals surface area contributed by atoms with Gasteiger partial charge in [-0.2, -0.15) is 5.26 Å². The number of rotatable bonds is 4. The Labute approximate surface area is 202 Å². The van der Waals surface area contributed by atoms with E-state index in [2.05, 4.69) is 6.07 Å². The molecule has 0 bridgehead atoms. The largest absolute Gasteiger partial charge is 0.335 e. The number of nitriles is 1. The summed E-state index contributed by atoms with van der Waals surface area (Å²) in [6.07, 6.45) is 4.13. The molecule has 5 rings (SSSR count). The van der Waals surface area contributed by atoms with Crippen molar-refractivity contribution in [3.05, 3.63) is 84.3 Å². The van der Waals surface area contributed by atoms with Crippen LogP contribution in [0.2, 0.25) is 0 Å². The van der Waals surface area contributed by atoms with E-state index in [9.17, 15) is 18.5 Å². The Kier molecular flexibility index (Phi) is 5.65. The van der Waals surface area contributed by atoms with Gasteiger partial charge in [0.2, 0.25) is 5.91 Å². The maximum absolute atomic E-state index is 15.4. The first-order valence-electron chi connectivity index (χ1n) is 11.2. The Balaban J connectivity index is 1.63. The number of sulfone groups is 1. The molecule has 4 aromatic rings. The molecule has 8 heteroatoms. The molecule has 2 heterocycles. The number of carbonyl (C=O) groups is 1. The van der Waals surface area contributed by atoms with Crippen LogP contribution in [0.15, 0.2) is 77.8 Å². The fourth-order valence-corrected chi connectivity index (χ4v) is 5.75. The lowest BCUT2D eigenvalue weighted by Gasteiger charge is -2.35. The van der Waals surface area contributed by atoms with Crippen LogP contribution in [0.25, 0.3) is 22.0 Å². The van der Waals surface area contributed by atoms with Crippen LogP contribution in [0.3, 0.4) is 0 Å². The lowest BCUT2D eigenvalue weighted by molar-refractivity contribution is -0.123. The number of para-hydroxylation sites is 1. The lowest BCUT2D eigenvalue weighted by Crippen LogP contribution is -2.42. The molecule has 176 valence electrons. The van der Waals surface area contributed by atoms with Gasteiger partial charge in [0.05, 0.1) is 27.7 Å². The standard InChI is InChI=1S/C27H22FN3O3S/c1-35(33,34)25-10-3-2-6-20(25)21-7-4-8-22(28)26(21)31-14-5-9-23(27(31)32)30-15-13-19-12-11-18(17-29)16-24(19)30/h2-4,6-8,10-13,15-16,23H,5,9,14H2,1H3. The average molecular weight is 488 g/mol. The van der Waals surface area contributed by atoms with Gasteiger partial charge < -0.3 is 9.47 Å². The van der Waals surface area contributed by atoms with Gasteiger partial charge in [-0.3, -0.25) is 4.79 Å². The third-order valence-electron chi connectivity index (χ3n) is 6.43. The van der Waals surface area contributed by atoms with Crippen LogP contribution < -0.4 is 4.90 Å². The number of carbonyl (C=O) groups excluding carboxylic acids is 1. The number of hydrogen-bond donors (Lipinski definition) is 0. The van der Waals surface area contributed by atoms with E-state index in [1.165, 1.54) is 23.1 Å². The fraction of sp³-hybridized carbons (Fsp3) is 0.185. The van der Waals surface area contributed by atoms with Crippen molar-refractivity contribution in [3.63, 3.8) is 0 Å². The highest BCUT2D eigenvalue weighted by atomic mass is 32.2. The number of amides is 1. The molecule has 0 saturated carbocycles. The highest BCUT2D eigenvalue weighted by Gasteiger charge is 2.34. The van der Waals surface area contributed by atoms with Crippen molar-refractivity contribution < 1.29 is 17.6 Å². The van der Waals surface area contributed by atoms with Gasteiger partial charge in [0, 0.05) is 30.1 Å². The van der Waals surface area contributed by atoms with Crippen LogP contribution >= 0.6 is 0 Å². The summed E-state index contributed by atoms with van der Waals surface area (Å²) in [5.74, 6) is -0.872. The first kappa shape index (κ1) is 22.8. The molecule has 0 spiro atoms. The summed E-state index contributed by atoms with van der Waals surface area (Å²) in [7, 11) is -3.59. The Bertz CT molecular complexity index is 1620. The minimum absolute atomic E-state index is 0.0764. The summed E-state index contributed by atoms with van der Waals surface area (Å²) in [6, 6.07) is 19.6. The van der Waals surface area contributed by atoms with Crippen LogP contribution in [0.1, 0.15) is 24.4 Å². The van der Waals surface area contributed by atoms with Crippen molar-refractivity contribution in [1.29, 1.82) is 5.26 Å². The molecule has 3 aromatic carbocycles. The van der Waals surface area contributed by atoms with E-state index in [-0.39, 0.29) is 16.5 Å². The molecule has 35 heavy (non-hydrogen) atoms. The number of anilines is 1. The molecule has 1 aromatic heterocycles. The summed E-state index contributed by atoms with van der Waals surface area (Å²) >= 11 is 0. The van der Waals surface area contributed by atoms with Gasteiger partial charge >= 0.3 is 0 Å². The Morgan fingerprint density at radius 2 is 1.80 bits per heavy atom. The number of aromatic nitrogens is 1. The third kappa shape index (κ3) is 3.98. The predicted molar refractivity (Wildman–Crippen MR) is 132 cm³/mol. The highest BCUT2D eigenvalue weighted by molar-refractivity contribution is 7.90. The maximum atomic E-state index is 15.4. The van der Waals surface area contributed by atoms with Crippen LogP contribution in [0, 0.1) is 17.1 Å². The summed E-state index contributed by atoms with van der Waals surface area (Å²) in [4.78, 5) is 15.3. The van der Waals surface area contributed by atoms with Gasteiger partial charge in [-0.1, -0.05) is 36.4 Å². The van der Waals surface area contributed by atoms with Crippen LogP contribution in [0.5, 0.6) is 0 Å². The first-order chi connectivity index (χ1) is 16.8.